The fourth-order valence-corrected chi connectivity index (χ4v) is 3.16. The molecule has 0 aliphatic heterocycles. The van der Waals surface area contributed by atoms with Gasteiger partial charge in [0.1, 0.15) is 5.54 Å². The van der Waals surface area contributed by atoms with Crippen molar-refractivity contribution in [3.63, 3.8) is 0 Å². The third-order valence-electron chi connectivity index (χ3n) is 3.49. The Labute approximate surface area is 127 Å². The highest BCUT2D eigenvalue weighted by Crippen LogP contribution is 2.41. The van der Waals surface area contributed by atoms with Gasteiger partial charge in [-0.3, -0.25) is 14.9 Å². The molecule has 0 amide bonds. The third-order valence-corrected chi connectivity index (χ3v) is 4.71. The molecule has 114 valence electrons. The van der Waals surface area contributed by atoms with E-state index in [1.165, 1.54) is 23.9 Å². The van der Waals surface area contributed by atoms with Crippen molar-refractivity contribution in [2.75, 3.05) is 12.4 Å². The minimum atomic E-state index is -0.970. The predicted octanol–water partition coefficient (Wildman–Crippen LogP) is 2.36. The molecule has 0 heterocycles. The number of hydrogen-bond donors (Lipinski definition) is 1. The van der Waals surface area contributed by atoms with Crippen molar-refractivity contribution >= 4 is 23.4 Å². The lowest BCUT2D eigenvalue weighted by atomic mass is 9.97. The summed E-state index contributed by atoms with van der Waals surface area (Å²) in [4.78, 5) is 23.1. The van der Waals surface area contributed by atoms with Crippen LogP contribution in [-0.4, -0.2) is 28.8 Å². The van der Waals surface area contributed by atoms with Crippen LogP contribution in [0.2, 0.25) is 0 Å². The molecule has 0 radical (unpaired) electrons. The molecule has 1 atom stereocenters. The number of rotatable bonds is 7. The number of nitro groups is 1. The van der Waals surface area contributed by atoms with Gasteiger partial charge in [-0.1, -0.05) is 0 Å². The van der Waals surface area contributed by atoms with Gasteiger partial charge in [0.15, 0.2) is 0 Å². The molecule has 1 aliphatic carbocycles. The van der Waals surface area contributed by atoms with Crippen LogP contribution in [0.3, 0.4) is 0 Å². The first-order valence-electron chi connectivity index (χ1n) is 6.80. The maximum Gasteiger partial charge on any atom is 0.327 e. The highest BCUT2D eigenvalue weighted by atomic mass is 32.2. The predicted molar refractivity (Wildman–Crippen MR) is 80.1 cm³/mol. The summed E-state index contributed by atoms with van der Waals surface area (Å²) in [5, 5.41) is 10.6. The first kappa shape index (κ1) is 15.8. The second kappa shape index (κ2) is 6.44. The number of non-ortho nitro benzene ring substituents is 1. The van der Waals surface area contributed by atoms with Crippen molar-refractivity contribution in [3.05, 3.63) is 34.4 Å². The standard InChI is InChI=1S/C14H18N2O4S/c1-2-20-13(17)14(15,10-3-4-10)9-21-12-7-5-11(6-8-12)16(18)19/h5-8,10H,2-4,9,15H2,1H3. The molecule has 7 heteroatoms. The largest absolute Gasteiger partial charge is 0.465 e. The Morgan fingerprint density at radius 3 is 2.57 bits per heavy atom. The lowest BCUT2D eigenvalue weighted by Crippen LogP contribution is -2.53. The molecule has 6 nitrogen and oxygen atoms in total. The zero-order chi connectivity index (χ0) is 15.5. The summed E-state index contributed by atoms with van der Waals surface area (Å²) < 4.78 is 5.08. The fourth-order valence-electron chi connectivity index (χ4n) is 2.07. The Morgan fingerprint density at radius 2 is 2.10 bits per heavy atom. The van der Waals surface area contributed by atoms with E-state index >= 15 is 0 Å². The van der Waals surface area contributed by atoms with E-state index in [0.717, 1.165) is 17.7 Å². The number of nitrogens with two attached hydrogens (primary N) is 1. The van der Waals surface area contributed by atoms with Crippen LogP contribution < -0.4 is 5.73 Å². The number of thioether (sulfide) groups is 1. The van der Waals surface area contributed by atoms with Gasteiger partial charge in [-0.25, -0.2) is 0 Å². The van der Waals surface area contributed by atoms with Gasteiger partial charge in [0.2, 0.25) is 0 Å². The minimum Gasteiger partial charge on any atom is -0.465 e. The molecule has 1 aromatic rings. The first-order valence-corrected chi connectivity index (χ1v) is 7.79. The Hall–Kier alpha value is -1.60. The topological polar surface area (TPSA) is 95.5 Å². The molecule has 1 unspecified atom stereocenters. The number of benzene rings is 1. The highest BCUT2D eigenvalue weighted by Gasteiger charge is 2.49. The smallest absolute Gasteiger partial charge is 0.327 e. The highest BCUT2D eigenvalue weighted by molar-refractivity contribution is 7.99. The van der Waals surface area contributed by atoms with Gasteiger partial charge in [-0.2, -0.15) is 0 Å². The van der Waals surface area contributed by atoms with Crippen molar-refractivity contribution in [1.82, 2.24) is 0 Å². The second-order valence-electron chi connectivity index (χ2n) is 5.07. The Balaban J connectivity index is 2.01. The van der Waals surface area contributed by atoms with E-state index in [1.54, 1.807) is 19.1 Å². The van der Waals surface area contributed by atoms with Crippen LogP contribution >= 0.6 is 11.8 Å². The molecule has 0 saturated heterocycles. The van der Waals surface area contributed by atoms with Gasteiger partial charge in [0.25, 0.3) is 5.69 Å². The van der Waals surface area contributed by atoms with Gasteiger partial charge >= 0.3 is 5.97 Å². The van der Waals surface area contributed by atoms with E-state index in [9.17, 15) is 14.9 Å². The van der Waals surface area contributed by atoms with Crippen LogP contribution in [0.4, 0.5) is 5.69 Å². The summed E-state index contributed by atoms with van der Waals surface area (Å²) in [5.74, 6) is 0.220. The summed E-state index contributed by atoms with van der Waals surface area (Å²) >= 11 is 1.42. The summed E-state index contributed by atoms with van der Waals surface area (Å²) in [6.07, 6.45) is 1.88. The zero-order valence-corrected chi connectivity index (χ0v) is 12.6. The molecule has 0 aromatic heterocycles. The number of nitro benzene ring substituents is 1. The monoisotopic (exact) mass is 310 g/mol. The minimum absolute atomic E-state index is 0.0472. The van der Waals surface area contributed by atoms with E-state index in [0.29, 0.717) is 12.4 Å². The maximum absolute atomic E-state index is 12.1. The quantitative estimate of drug-likeness (QED) is 0.359. The first-order chi connectivity index (χ1) is 9.97. The van der Waals surface area contributed by atoms with Crippen LogP contribution in [0.5, 0.6) is 0 Å². The van der Waals surface area contributed by atoms with E-state index in [2.05, 4.69) is 0 Å². The van der Waals surface area contributed by atoms with Crippen molar-refractivity contribution < 1.29 is 14.5 Å². The Morgan fingerprint density at radius 1 is 1.48 bits per heavy atom. The molecule has 1 aliphatic rings. The molecule has 1 saturated carbocycles. The Bertz CT molecular complexity index is 530. The van der Waals surface area contributed by atoms with Crippen LogP contribution in [0.15, 0.2) is 29.2 Å². The third kappa shape index (κ3) is 3.74. The van der Waals surface area contributed by atoms with E-state index in [-0.39, 0.29) is 17.6 Å². The van der Waals surface area contributed by atoms with E-state index < -0.39 is 10.5 Å². The molecule has 1 fully saturated rings. The van der Waals surface area contributed by atoms with Crippen LogP contribution in [0.25, 0.3) is 0 Å². The second-order valence-corrected chi connectivity index (χ2v) is 6.12. The fraction of sp³-hybridized carbons (Fsp3) is 0.500. The van der Waals surface area contributed by atoms with Crippen molar-refractivity contribution in [2.24, 2.45) is 11.7 Å². The van der Waals surface area contributed by atoms with Crippen LogP contribution in [0, 0.1) is 16.0 Å². The number of esters is 1. The summed E-state index contributed by atoms with van der Waals surface area (Å²) in [7, 11) is 0. The van der Waals surface area contributed by atoms with Crippen molar-refractivity contribution in [3.8, 4) is 0 Å². The molecular weight excluding hydrogens is 292 g/mol. The number of nitrogens with zero attached hydrogens (tertiary/aromatic N) is 1. The van der Waals surface area contributed by atoms with E-state index in [1.807, 2.05) is 0 Å². The van der Waals surface area contributed by atoms with Gasteiger partial charge < -0.3 is 10.5 Å². The van der Waals surface area contributed by atoms with Gasteiger partial charge in [-0.05, 0) is 37.8 Å². The normalized spacial score (nSPS) is 17.0. The SMILES string of the molecule is CCOC(=O)C(N)(CSc1ccc([N+](=O)[O-])cc1)C1CC1. The molecule has 2 rings (SSSR count). The molecule has 0 spiro atoms. The van der Waals surface area contributed by atoms with Crippen molar-refractivity contribution in [1.29, 1.82) is 0 Å². The molecule has 21 heavy (non-hydrogen) atoms. The summed E-state index contributed by atoms with van der Waals surface area (Å²) in [6, 6.07) is 6.23. The van der Waals surface area contributed by atoms with E-state index in [4.69, 9.17) is 10.5 Å². The van der Waals surface area contributed by atoms with Crippen LogP contribution in [-0.2, 0) is 9.53 Å². The summed E-state index contributed by atoms with van der Waals surface area (Å²) in [5.41, 5.74) is 5.33. The number of ether oxygens (including phenoxy) is 1. The molecule has 0 bridgehead atoms. The average molecular weight is 310 g/mol. The average Bonchev–Trinajstić information content (AvgIpc) is 3.30. The maximum atomic E-state index is 12.1. The lowest BCUT2D eigenvalue weighted by Gasteiger charge is -2.26. The summed E-state index contributed by atoms with van der Waals surface area (Å²) in [6.45, 7) is 2.07. The number of carbonyl (C=O) groups is 1. The zero-order valence-electron chi connectivity index (χ0n) is 11.8. The van der Waals surface area contributed by atoms with Gasteiger partial charge in [-0.15, -0.1) is 11.8 Å². The molecular formula is C14H18N2O4S. The number of carbonyl (C=O) groups excluding carboxylic acids is 1. The molecule has 1 aromatic carbocycles. The number of hydrogen-bond acceptors (Lipinski definition) is 6. The van der Waals surface area contributed by atoms with Gasteiger partial charge in [0, 0.05) is 22.8 Å². The van der Waals surface area contributed by atoms with Crippen LogP contribution in [0.1, 0.15) is 19.8 Å². The van der Waals surface area contributed by atoms with Gasteiger partial charge in [0.05, 0.1) is 11.5 Å². The Kier molecular flexibility index (Phi) is 4.84. The van der Waals surface area contributed by atoms with Crippen molar-refractivity contribution in [2.45, 2.75) is 30.2 Å². The molecule has 2 N–H and O–H groups in total. The lowest BCUT2D eigenvalue weighted by molar-refractivity contribution is -0.384.